The summed E-state index contributed by atoms with van der Waals surface area (Å²) >= 11 is 5.05. The number of thiocarbonyl (C=S) groups is 1. The van der Waals surface area contributed by atoms with Gasteiger partial charge >= 0.3 is 5.97 Å². The second kappa shape index (κ2) is 6.17. The lowest BCUT2D eigenvalue weighted by molar-refractivity contribution is -0.139. The molecule has 1 aliphatic heterocycles. The second-order valence-corrected chi connectivity index (χ2v) is 4.87. The van der Waals surface area contributed by atoms with Crippen LogP contribution in [0.2, 0.25) is 0 Å². The van der Waals surface area contributed by atoms with Gasteiger partial charge in [-0.25, -0.2) is 13.6 Å². The van der Waals surface area contributed by atoms with Crippen molar-refractivity contribution in [1.82, 2.24) is 10.6 Å². The van der Waals surface area contributed by atoms with E-state index in [2.05, 4.69) is 10.6 Å². The predicted octanol–water partition coefficient (Wildman–Crippen LogP) is 2.32. The van der Waals surface area contributed by atoms with Gasteiger partial charge in [-0.2, -0.15) is 0 Å². The van der Waals surface area contributed by atoms with Crippen LogP contribution in [0.4, 0.5) is 8.78 Å². The van der Waals surface area contributed by atoms with Gasteiger partial charge in [-0.15, -0.1) is 0 Å². The van der Waals surface area contributed by atoms with Crippen molar-refractivity contribution in [1.29, 1.82) is 0 Å². The molecule has 2 rings (SSSR count). The first-order chi connectivity index (χ1) is 9.93. The van der Waals surface area contributed by atoms with Crippen LogP contribution in [0, 0.1) is 11.6 Å². The van der Waals surface area contributed by atoms with Crippen LogP contribution < -0.4 is 10.6 Å². The van der Waals surface area contributed by atoms with E-state index in [-0.39, 0.29) is 12.2 Å². The molecule has 21 heavy (non-hydrogen) atoms. The first-order valence-corrected chi connectivity index (χ1v) is 6.75. The largest absolute Gasteiger partial charge is 0.463 e. The lowest BCUT2D eigenvalue weighted by Gasteiger charge is -2.29. The minimum absolute atomic E-state index is 0.213. The number of ether oxygens (including phenoxy) is 1. The van der Waals surface area contributed by atoms with E-state index in [9.17, 15) is 13.6 Å². The summed E-state index contributed by atoms with van der Waals surface area (Å²) in [6.45, 7) is 3.57. The molecule has 0 saturated heterocycles. The molecule has 112 valence electrons. The topological polar surface area (TPSA) is 50.4 Å². The Morgan fingerprint density at radius 2 is 2.10 bits per heavy atom. The number of halogens is 2. The van der Waals surface area contributed by atoms with Crippen LogP contribution in [0.15, 0.2) is 29.5 Å². The first kappa shape index (κ1) is 15.4. The Morgan fingerprint density at radius 1 is 1.38 bits per heavy atom. The third-order valence-corrected chi connectivity index (χ3v) is 3.26. The Labute approximate surface area is 126 Å². The molecule has 2 N–H and O–H groups in total. The molecule has 0 radical (unpaired) electrons. The number of benzene rings is 1. The van der Waals surface area contributed by atoms with Crippen LogP contribution in [-0.2, 0) is 9.53 Å². The van der Waals surface area contributed by atoms with Gasteiger partial charge in [0.25, 0.3) is 0 Å². The maximum absolute atomic E-state index is 13.4. The molecule has 7 heteroatoms. The molecular weight excluding hydrogens is 298 g/mol. The normalized spacial score (nSPS) is 18.1. The number of esters is 1. The van der Waals surface area contributed by atoms with Crippen molar-refractivity contribution < 1.29 is 18.3 Å². The highest BCUT2D eigenvalue weighted by molar-refractivity contribution is 7.80. The monoisotopic (exact) mass is 312 g/mol. The van der Waals surface area contributed by atoms with Crippen molar-refractivity contribution in [3.05, 3.63) is 46.7 Å². The molecule has 1 atom stereocenters. The fourth-order valence-corrected chi connectivity index (χ4v) is 2.39. The van der Waals surface area contributed by atoms with Crippen molar-refractivity contribution in [2.24, 2.45) is 0 Å². The van der Waals surface area contributed by atoms with Crippen LogP contribution in [0.25, 0.3) is 0 Å². The third kappa shape index (κ3) is 3.18. The first-order valence-electron chi connectivity index (χ1n) is 6.34. The summed E-state index contributed by atoms with van der Waals surface area (Å²) in [5, 5.41) is 6.00. The maximum atomic E-state index is 13.4. The van der Waals surface area contributed by atoms with Gasteiger partial charge in [-0.1, -0.05) is 6.07 Å². The smallest absolute Gasteiger partial charge is 0.338 e. The molecule has 1 aromatic carbocycles. The summed E-state index contributed by atoms with van der Waals surface area (Å²) < 4.78 is 31.5. The van der Waals surface area contributed by atoms with Crippen LogP contribution >= 0.6 is 12.2 Å². The summed E-state index contributed by atoms with van der Waals surface area (Å²) in [7, 11) is 0. The number of nitrogens with one attached hydrogen (secondary N) is 2. The van der Waals surface area contributed by atoms with Crippen LogP contribution in [0.5, 0.6) is 0 Å². The van der Waals surface area contributed by atoms with Gasteiger partial charge < -0.3 is 15.4 Å². The average Bonchev–Trinajstić information content (AvgIpc) is 2.41. The number of allylic oxidation sites excluding steroid dienone is 1. The molecule has 1 heterocycles. The lowest BCUT2D eigenvalue weighted by atomic mass is 9.95. The fraction of sp³-hybridized carbons (Fsp3) is 0.286. The van der Waals surface area contributed by atoms with Crippen molar-refractivity contribution in [3.8, 4) is 0 Å². The summed E-state index contributed by atoms with van der Waals surface area (Å²) in [5.74, 6) is -2.47. The highest BCUT2D eigenvalue weighted by Crippen LogP contribution is 2.28. The number of hydrogen-bond acceptors (Lipinski definition) is 3. The maximum Gasteiger partial charge on any atom is 0.338 e. The standard InChI is InChI=1S/C14H14F2N2O2S/c1-3-20-13(19)11-7(2)17-14(21)18-12(11)8-4-5-9(15)10(16)6-8/h4-6,12H,3H2,1-2H3,(H2,17,18,21)/t12-/m1/s1. The molecule has 1 aromatic rings. The second-order valence-electron chi connectivity index (χ2n) is 4.46. The summed E-state index contributed by atoms with van der Waals surface area (Å²) in [5.41, 5.74) is 1.20. The summed E-state index contributed by atoms with van der Waals surface area (Å²) in [6, 6.07) is 2.76. The van der Waals surface area contributed by atoms with E-state index < -0.39 is 23.6 Å². The van der Waals surface area contributed by atoms with Crippen LogP contribution in [-0.4, -0.2) is 17.7 Å². The summed E-state index contributed by atoms with van der Waals surface area (Å²) in [6.07, 6.45) is 0. The van der Waals surface area contributed by atoms with E-state index in [0.717, 1.165) is 12.1 Å². The molecule has 4 nitrogen and oxygen atoms in total. The van der Waals surface area contributed by atoms with E-state index in [4.69, 9.17) is 17.0 Å². The number of carbonyl (C=O) groups excluding carboxylic acids is 1. The highest BCUT2D eigenvalue weighted by Gasteiger charge is 2.31. The fourth-order valence-electron chi connectivity index (χ4n) is 2.12. The lowest BCUT2D eigenvalue weighted by Crippen LogP contribution is -2.45. The van der Waals surface area contributed by atoms with Crippen molar-refractivity contribution in [2.45, 2.75) is 19.9 Å². The van der Waals surface area contributed by atoms with Gasteiger partial charge in [0.1, 0.15) is 0 Å². The van der Waals surface area contributed by atoms with E-state index in [0.29, 0.717) is 16.4 Å². The van der Waals surface area contributed by atoms with E-state index >= 15 is 0 Å². The Morgan fingerprint density at radius 3 is 2.71 bits per heavy atom. The quantitative estimate of drug-likeness (QED) is 0.663. The number of rotatable bonds is 3. The SMILES string of the molecule is CCOC(=O)C1=C(C)NC(=S)N[C@@H]1c1ccc(F)c(F)c1. The molecule has 0 fully saturated rings. The molecule has 0 unspecified atom stereocenters. The molecule has 1 aliphatic rings. The third-order valence-electron chi connectivity index (χ3n) is 3.04. The van der Waals surface area contributed by atoms with Gasteiger partial charge in [0, 0.05) is 5.70 Å². The predicted molar refractivity (Wildman–Crippen MR) is 77.3 cm³/mol. The molecule has 0 amide bonds. The molecular formula is C14H14F2N2O2S. The zero-order valence-corrected chi connectivity index (χ0v) is 12.3. The van der Waals surface area contributed by atoms with Crippen LogP contribution in [0.1, 0.15) is 25.5 Å². The minimum Gasteiger partial charge on any atom is -0.463 e. The van der Waals surface area contributed by atoms with Crippen molar-refractivity contribution >= 4 is 23.3 Å². The Balaban J connectivity index is 2.46. The Hall–Kier alpha value is -2.02. The van der Waals surface area contributed by atoms with Gasteiger partial charge in [0.05, 0.1) is 18.2 Å². The van der Waals surface area contributed by atoms with Gasteiger partial charge in [0.15, 0.2) is 16.7 Å². The van der Waals surface area contributed by atoms with Crippen LogP contribution in [0.3, 0.4) is 0 Å². The van der Waals surface area contributed by atoms with Crippen molar-refractivity contribution in [2.75, 3.05) is 6.61 Å². The van der Waals surface area contributed by atoms with E-state index in [1.807, 2.05) is 0 Å². The minimum atomic E-state index is -0.986. The Bertz CT molecular complexity index is 631. The summed E-state index contributed by atoms with van der Waals surface area (Å²) in [4.78, 5) is 12.1. The van der Waals surface area contributed by atoms with Gasteiger partial charge in [0.2, 0.25) is 0 Å². The molecule has 0 aromatic heterocycles. The highest BCUT2D eigenvalue weighted by atomic mass is 32.1. The van der Waals surface area contributed by atoms with E-state index in [1.165, 1.54) is 6.07 Å². The molecule has 0 bridgehead atoms. The molecule has 0 spiro atoms. The zero-order chi connectivity index (χ0) is 15.6. The Kier molecular flexibility index (Phi) is 4.52. The average molecular weight is 312 g/mol. The van der Waals surface area contributed by atoms with Gasteiger partial charge in [-0.3, -0.25) is 0 Å². The number of hydrogen-bond donors (Lipinski definition) is 2. The van der Waals surface area contributed by atoms with Gasteiger partial charge in [-0.05, 0) is 43.8 Å². The zero-order valence-electron chi connectivity index (χ0n) is 11.5. The van der Waals surface area contributed by atoms with E-state index in [1.54, 1.807) is 13.8 Å². The molecule has 0 saturated carbocycles. The molecule has 0 aliphatic carbocycles. The van der Waals surface area contributed by atoms with Crippen molar-refractivity contribution in [3.63, 3.8) is 0 Å². The number of carbonyl (C=O) groups is 1.